The van der Waals surface area contributed by atoms with E-state index in [9.17, 15) is 4.79 Å². The highest BCUT2D eigenvalue weighted by atomic mass is 16.5. The van der Waals surface area contributed by atoms with E-state index in [0.717, 1.165) is 11.3 Å². The molecule has 0 aromatic heterocycles. The van der Waals surface area contributed by atoms with E-state index >= 15 is 0 Å². The number of hydrogen-bond acceptors (Lipinski definition) is 4. The van der Waals surface area contributed by atoms with Crippen LogP contribution in [0.15, 0.2) is 24.3 Å². The summed E-state index contributed by atoms with van der Waals surface area (Å²) in [4.78, 5) is 13.3. The minimum Gasteiger partial charge on any atom is -0.497 e. The third-order valence-electron chi connectivity index (χ3n) is 3.90. The summed E-state index contributed by atoms with van der Waals surface area (Å²) >= 11 is 0. The minimum atomic E-state index is -1.11. The summed E-state index contributed by atoms with van der Waals surface area (Å²) in [6, 6.07) is 7.97. The zero-order valence-electron chi connectivity index (χ0n) is 11.3. The number of methoxy groups -OCH3 is 1. The van der Waals surface area contributed by atoms with Crippen LogP contribution in [0.25, 0.3) is 0 Å². The lowest BCUT2D eigenvalue weighted by Gasteiger charge is -2.26. The maximum absolute atomic E-state index is 11.1. The normalized spacial score (nSPS) is 25.2. The Balaban J connectivity index is 2.08. The molecular weight excluding hydrogens is 244 g/mol. The van der Waals surface area contributed by atoms with E-state index in [-0.39, 0.29) is 6.04 Å². The molecule has 5 heteroatoms. The summed E-state index contributed by atoms with van der Waals surface area (Å²) < 4.78 is 5.13. The van der Waals surface area contributed by atoms with Gasteiger partial charge in [-0.05, 0) is 31.0 Å². The molecular formula is C14H20N2O3. The van der Waals surface area contributed by atoms with Gasteiger partial charge in [-0.3, -0.25) is 9.69 Å². The standard InChI is InChI=1S/C14H20N2O3/c1-10(11-3-5-12(19-2)6-4-11)16-8-7-14(15,9-16)13(17)18/h3-6,10H,7-9,15H2,1-2H3,(H,17,18). The molecule has 0 saturated carbocycles. The first-order valence-electron chi connectivity index (χ1n) is 6.36. The number of carbonyl (C=O) groups is 1. The molecule has 3 N–H and O–H groups in total. The highest BCUT2D eigenvalue weighted by Crippen LogP contribution is 2.29. The van der Waals surface area contributed by atoms with Crippen LogP contribution in [0.3, 0.4) is 0 Å². The second-order valence-electron chi connectivity index (χ2n) is 5.13. The van der Waals surface area contributed by atoms with Crippen molar-refractivity contribution in [3.63, 3.8) is 0 Å². The van der Waals surface area contributed by atoms with Crippen molar-refractivity contribution in [1.82, 2.24) is 4.90 Å². The molecule has 2 atom stereocenters. The van der Waals surface area contributed by atoms with Crippen molar-refractivity contribution in [2.24, 2.45) is 5.73 Å². The Morgan fingerprint density at radius 3 is 2.58 bits per heavy atom. The first kappa shape index (κ1) is 13.8. The van der Waals surface area contributed by atoms with Gasteiger partial charge < -0.3 is 15.6 Å². The number of carboxylic acid groups (broad SMARTS) is 1. The first-order valence-corrected chi connectivity index (χ1v) is 6.36. The Hall–Kier alpha value is -1.59. The maximum Gasteiger partial charge on any atom is 0.325 e. The fourth-order valence-electron chi connectivity index (χ4n) is 2.46. The van der Waals surface area contributed by atoms with Crippen LogP contribution in [-0.4, -0.2) is 41.7 Å². The number of ether oxygens (including phenoxy) is 1. The smallest absolute Gasteiger partial charge is 0.325 e. The van der Waals surface area contributed by atoms with Crippen molar-refractivity contribution < 1.29 is 14.6 Å². The zero-order valence-corrected chi connectivity index (χ0v) is 11.3. The molecule has 1 fully saturated rings. The predicted octanol–water partition coefficient (Wildman–Crippen LogP) is 1.24. The first-order chi connectivity index (χ1) is 8.96. The van der Waals surface area contributed by atoms with Crippen molar-refractivity contribution in [3.05, 3.63) is 29.8 Å². The van der Waals surface area contributed by atoms with E-state index < -0.39 is 11.5 Å². The summed E-state index contributed by atoms with van der Waals surface area (Å²) in [5, 5.41) is 9.14. The van der Waals surface area contributed by atoms with Crippen molar-refractivity contribution in [1.29, 1.82) is 0 Å². The van der Waals surface area contributed by atoms with Gasteiger partial charge >= 0.3 is 5.97 Å². The largest absolute Gasteiger partial charge is 0.497 e. The van der Waals surface area contributed by atoms with Crippen LogP contribution in [0, 0.1) is 0 Å². The topological polar surface area (TPSA) is 75.8 Å². The molecule has 1 saturated heterocycles. The van der Waals surface area contributed by atoms with Gasteiger partial charge in [-0.25, -0.2) is 0 Å². The second-order valence-corrected chi connectivity index (χ2v) is 5.13. The molecule has 0 radical (unpaired) electrons. The van der Waals surface area contributed by atoms with Gasteiger partial charge in [0.15, 0.2) is 0 Å². The predicted molar refractivity (Wildman–Crippen MR) is 72.2 cm³/mol. The summed E-state index contributed by atoms with van der Waals surface area (Å²) in [7, 11) is 1.63. The zero-order chi connectivity index (χ0) is 14.0. The van der Waals surface area contributed by atoms with E-state index in [1.807, 2.05) is 24.3 Å². The second kappa shape index (κ2) is 5.19. The number of nitrogens with zero attached hydrogens (tertiary/aromatic N) is 1. The van der Waals surface area contributed by atoms with Gasteiger partial charge in [0.1, 0.15) is 11.3 Å². The molecule has 0 aliphatic carbocycles. The van der Waals surface area contributed by atoms with Crippen LogP contribution >= 0.6 is 0 Å². The van der Waals surface area contributed by atoms with Gasteiger partial charge in [0, 0.05) is 19.1 Å². The van der Waals surface area contributed by atoms with Crippen molar-refractivity contribution in [2.75, 3.05) is 20.2 Å². The van der Waals surface area contributed by atoms with Crippen molar-refractivity contribution in [2.45, 2.75) is 24.9 Å². The molecule has 1 aromatic carbocycles. The van der Waals surface area contributed by atoms with Crippen LogP contribution in [0.5, 0.6) is 5.75 Å². The molecule has 104 valence electrons. The highest BCUT2D eigenvalue weighted by Gasteiger charge is 2.42. The number of carboxylic acids is 1. The Morgan fingerprint density at radius 1 is 1.47 bits per heavy atom. The molecule has 1 aliphatic heterocycles. The van der Waals surface area contributed by atoms with E-state index in [1.165, 1.54) is 0 Å². The molecule has 0 amide bonds. The molecule has 1 aliphatic rings. The highest BCUT2D eigenvalue weighted by molar-refractivity contribution is 5.79. The van der Waals surface area contributed by atoms with Crippen LogP contribution in [0.4, 0.5) is 0 Å². The molecule has 1 heterocycles. The number of aliphatic carboxylic acids is 1. The van der Waals surface area contributed by atoms with Crippen molar-refractivity contribution in [3.8, 4) is 5.75 Å². The minimum absolute atomic E-state index is 0.149. The van der Waals surface area contributed by atoms with Crippen LogP contribution < -0.4 is 10.5 Å². The fourth-order valence-corrected chi connectivity index (χ4v) is 2.46. The lowest BCUT2D eigenvalue weighted by molar-refractivity contribution is -0.142. The Morgan fingerprint density at radius 2 is 2.11 bits per heavy atom. The molecule has 2 unspecified atom stereocenters. The molecule has 1 aromatic rings. The van der Waals surface area contributed by atoms with Gasteiger partial charge in [0.25, 0.3) is 0 Å². The number of nitrogens with two attached hydrogens (primary N) is 1. The summed E-state index contributed by atoms with van der Waals surface area (Å²) in [5.74, 6) is -0.104. The fraction of sp³-hybridized carbons (Fsp3) is 0.500. The lowest BCUT2D eigenvalue weighted by atomic mass is 10.0. The van der Waals surface area contributed by atoms with E-state index in [4.69, 9.17) is 15.6 Å². The van der Waals surface area contributed by atoms with Crippen LogP contribution in [-0.2, 0) is 4.79 Å². The van der Waals surface area contributed by atoms with E-state index in [1.54, 1.807) is 7.11 Å². The van der Waals surface area contributed by atoms with Gasteiger partial charge in [0.05, 0.1) is 7.11 Å². The third-order valence-corrected chi connectivity index (χ3v) is 3.90. The number of benzene rings is 1. The average Bonchev–Trinajstić information content (AvgIpc) is 2.82. The molecule has 0 bridgehead atoms. The average molecular weight is 264 g/mol. The monoisotopic (exact) mass is 264 g/mol. The maximum atomic E-state index is 11.1. The third kappa shape index (κ3) is 2.72. The van der Waals surface area contributed by atoms with Gasteiger partial charge in [-0.2, -0.15) is 0 Å². The van der Waals surface area contributed by atoms with Crippen molar-refractivity contribution >= 4 is 5.97 Å². The summed E-state index contributed by atoms with van der Waals surface area (Å²) in [6.07, 6.45) is 0.489. The Labute approximate surface area is 113 Å². The van der Waals surface area contributed by atoms with Gasteiger partial charge in [-0.1, -0.05) is 12.1 Å². The lowest BCUT2D eigenvalue weighted by Crippen LogP contribution is -2.50. The van der Waals surface area contributed by atoms with Gasteiger partial charge in [0.2, 0.25) is 0 Å². The van der Waals surface area contributed by atoms with Gasteiger partial charge in [-0.15, -0.1) is 0 Å². The molecule has 2 rings (SSSR count). The number of hydrogen-bond donors (Lipinski definition) is 2. The quantitative estimate of drug-likeness (QED) is 0.856. The SMILES string of the molecule is COc1ccc(C(C)N2CCC(N)(C(=O)O)C2)cc1. The Kier molecular flexibility index (Phi) is 3.78. The summed E-state index contributed by atoms with van der Waals surface area (Å²) in [5.41, 5.74) is 5.92. The molecule has 19 heavy (non-hydrogen) atoms. The van der Waals surface area contributed by atoms with Crippen LogP contribution in [0.2, 0.25) is 0 Å². The van der Waals surface area contributed by atoms with E-state index in [2.05, 4.69) is 11.8 Å². The number of likely N-dealkylation sites (tertiary alicyclic amines) is 1. The molecule has 0 spiro atoms. The van der Waals surface area contributed by atoms with Crippen LogP contribution in [0.1, 0.15) is 24.9 Å². The number of rotatable bonds is 4. The molecule has 5 nitrogen and oxygen atoms in total. The summed E-state index contributed by atoms with van der Waals surface area (Å²) in [6.45, 7) is 3.15. The Bertz CT molecular complexity index is 460. The van der Waals surface area contributed by atoms with E-state index in [0.29, 0.717) is 19.5 Å².